The maximum Gasteiger partial charge on any atom is 0.310 e. The molecule has 0 saturated carbocycles. The molecule has 0 radical (unpaired) electrons. The standard InChI is InChI=1S/C20H23FN2O5/c1-2-27-20(25)15-4-3-9-23(11-15)19(24)13-26-12-17-10-18(28-22-17)14-5-7-16(21)8-6-14/h5-8,10,15H,2-4,9,11-13H2,1H3. The minimum absolute atomic E-state index is 0.103. The fraction of sp³-hybridized carbons (Fsp3) is 0.450. The van der Waals surface area contributed by atoms with E-state index in [9.17, 15) is 14.0 Å². The lowest BCUT2D eigenvalue weighted by molar-refractivity contribution is -0.152. The lowest BCUT2D eigenvalue weighted by Gasteiger charge is -2.31. The molecule has 1 aromatic carbocycles. The number of hydrogen-bond donors (Lipinski definition) is 0. The van der Waals surface area contributed by atoms with Crippen LogP contribution in [0.5, 0.6) is 0 Å². The zero-order chi connectivity index (χ0) is 19.9. The zero-order valence-electron chi connectivity index (χ0n) is 15.7. The molecular formula is C20H23FN2O5. The third-order valence-electron chi connectivity index (χ3n) is 4.56. The minimum atomic E-state index is -0.326. The van der Waals surface area contributed by atoms with Crippen molar-refractivity contribution in [1.82, 2.24) is 10.1 Å². The van der Waals surface area contributed by atoms with Crippen molar-refractivity contribution in [2.75, 3.05) is 26.3 Å². The second kappa shape index (κ2) is 9.45. The van der Waals surface area contributed by atoms with Crippen LogP contribution in [0.15, 0.2) is 34.9 Å². The van der Waals surface area contributed by atoms with Gasteiger partial charge >= 0.3 is 5.97 Å². The Bertz CT molecular complexity index is 805. The molecule has 2 heterocycles. The van der Waals surface area contributed by atoms with E-state index < -0.39 is 0 Å². The normalized spacial score (nSPS) is 16.8. The molecule has 8 heteroatoms. The molecule has 0 aliphatic carbocycles. The van der Waals surface area contributed by atoms with E-state index >= 15 is 0 Å². The molecule has 1 atom stereocenters. The third kappa shape index (κ3) is 5.16. The van der Waals surface area contributed by atoms with Crippen LogP contribution >= 0.6 is 0 Å². The van der Waals surface area contributed by atoms with Gasteiger partial charge < -0.3 is 18.9 Å². The Kier molecular flexibility index (Phi) is 6.76. The number of nitrogens with zero attached hydrogens (tertiary/aromatic N) is 2. The summed E-state index contributed by atoms with van der Waals surface area (Å²) < 4.78 is 28.7. The highest BCUT2D eigenvalue weighted by atomic mass is 19.1. The number of aromatic nitrogens is 1. The summed E-state index contributed by atoms with van der Waals surface area (Å²) in [6.45, 7) is 3.09. The lowest BCUT2D eigenvalue weighted by Crippen LogP contribution is -2.44. The molecular weight excluding hydrogens is 367 g/mol. The number of carbonyl (C=O) groups excluding carboxylic acids is 2. The Morgan fingerprint density at radius 2 is 2.11 bits per heavy atom. The Morgan fingerprint density at radius 3 is 2.86 bits per heavy atom. The molecule has 1 fully saturated rings. The number of amides is 1. The highest BCUT2D eigenvalue weighted by Crippen LogP contribution is 2.21. The SMILES string of the molecule is CCOC(=O)C1CCCN(C(=O)COCc2cc(-c3ccc(F)cc3)on2)C1. The first kappa shape index (κ1) is 20.0. The first-order valence-corrected chi connectivity index (χ1v) is 9.30. The predicted octanol–water partition coefficient (Wildman–Crippen LogP) is 2.80. The molecule has 1 amide bonds. The Balaban J connectivity index is 1.46. The monoisotopic (exact) mass is 390 g/mol. The number of piperidine rings is 1. The van der Waals surface area contributed by atoms with E-state index in [1.54, 1.807) is 30.0 Å². The summed E-state index contributed by atoms with van der Waals surface area (Å²) in [5, 5.41) is 3.90. The first-order valence-electron chi connectivity index (χ1n) is 9.30. The third-order valence-corrected chi connectivity index (χ3v) is 4.56. The minimum Gasteiger partial charge on any atom is -0.466 e. The number of carbonyl (C=O) groups is 2. The molecule has 1 unspecified atom stereocenters. The summed E-state index contributed by atoms with van der Waals surface area (Å²) in [6.07, 6.45) is 1.49. The van der Waals surface area contributed by atoms with Crippen LogP contribution in [0.1, 0.15) is 25.5 Å². The van der Waals surface area contributed by atoms with E-state index in [2.05, 4.69) is 5.16 Å². The molecule has 0 bridgehead atoms. The number of esters is 1. The first-order chi connectivity index (χ1) is 13.6. The summed E-state index contributed by atoms with van der Waals surface area (Å²) in [7, 11) is 0. The van der Waals surface area contributed by atoms with E-state index in [4.69, 9.17) is 14.0 Å². The molecule has 150 valence electrons. The summed E-state index contributed by atoms with van der Waals surface area (Å²) >= 11 is 0. The highest BCUT2D eigenvalue weighted by molar-refractivity contribution is 5.79. The summed E-state index contributed by atoms with van der Waals surface area (Å²) in [5.41, 5.74) is 1.24. The molecule has 1 saturated heterocycles. The van der Waals surface area contributed by atoms with Crippen molar-refractivity contribution in [3.05, 3.63) is 41.8 Å². The van der Waals surface area contributed by atoms with Crippen molar-refractivity contribution in [3.63, 3.8) is 0 Å². The van der Waals surface area contributed by atoms with Gasteiger partial charge in [-0.25, -0.2) is 4.39 Å². The van der Waals surface area contributed by atoms with Crippen LogP contribution in [0.4, 0.5) is 4.39 Å². The van der Waals surface area contributed by atoms with Gasteiger partial charge in [0.05, 0.1) is 19.1 Å². The van der Waals surface area contributed by atoms with Crippen molar-refractivity contribution in [2.45, 2.75) is 26.4 Å². The van der Waals surface area contributed by atoms with Crippen LogP contribution in [-0.2, 0) is 25.7 Å². The van der Waals surface area contributed by atoms with Crippen LogP contribution in [0, 0.1) is 11.7 Å². The highest BCUT2D eigenvalue weighted by Gasteiger charge is 2.29. The summed E-state index contributed by atoms with van der Waals surface area (Å²) in [6, 6.07) is 7.57. The van der Waals surface area contributed by atoms with E-state index in [0.29, 0.717) is 36.7 Å². The van der Waals surface area contributed by atoms with Crippen molar-refractivity contribution in [3.8, 4) is 11.3 Å². The molecule has 1 aliphatic rings. The fourth-order valence-electron chi connectivity index (χ4n) is 3.12. The van der Waals surface area contributed by atoms with Gasteiger partial charge in [-0.05, 0) is 44.0 Å². The van der Waals surface area contributed by atoms with Crippen LogP contribution in [-0.4, -0.2) is 48.2 Å². The molecule has 7 nitrogen and oxygen atoms in total. The van der Waals surface area contributed by atoms with Crippen molar-refractivity contribution >= 4 is 11.9 Å². The number of ether oxygens (including phenoxy) is 2. The number of benzene rings is 1. The lowest BCUT2D eigenvalue weighted by atomic mass is 9.98. The molecule has 1 aromatic heterocycles. The van der Waals surface area contributed by atoms with E-state index in [1.165, 1.54) is 12.1 Å². The van der Waals surface area contributed by atoms with Gasteiger partial charge in [0.2, 0.25) is 5.91 Å². The van der Waals surface area contributed by atoms with Gasteiger partial charge in [0.1, 0.15) is 18.1 Å². The van der Waals surface area contributed by atoms with Gasteiger partial charge in [-0.1, -0.05) is 5.16 Å². The average molecular weight is 390 g/mol. The average Bonchev–Trinajstić information content (AvgIpc) is 3.17. The molecule has 2 aromatic rings. The van der Waals surface area contributed by atoms with Crippen LogP contribution in [0.25, 0.3) is 11.3 Å². The molecule has 28 heavy (non-hydrogen) atoms. The summed E-state index contributed by atoms with van der Waals surface area (Å²) in [5.74, 6) is -0.522. The maximum absolute atomic E-state index is 13.0. The van der Waals surface area contributed by atoms with Gasteiger partial charge in [0, 0.05) is 24.7 Å². The topological polar surface area (TPSA) is 81.9 Å². The van der Waals surface area contributed by atoms with E-state index in [-0.39, 0.29) is 36.8 Å². The maximum atomic E-state index is 13.0. The van der Waals surface area contributed by atoms with Crippen molar-refractivity contribution in [1.29, 1.82) is 0 Å². The quantitative estimate of drug-likeness (QED) is 0.676. The second-order valence-electron chi connectivity index (χ2n) is 6.61. The van der Waals surface area contributed by atoms with Crippen LogP contribution in [0.3, 0.4) is 0 Å². The van der Waals surface area contributed by atoms with Gasteiger partial charge in [0.25, 0.3) is 0 Å². The number of halogens is 1. The van der Waals surface area contributed by atoms with Gasteiger partial charge in [0.15, 0.2) is 5.76 Å². The van der Waals surface area contributed by atoms with Gasteiger partial charge in [-0.3, -0.25) is 9.59 Å². The molecule has 1 aliphatic heterocycles. The second-order valence-corrected chi connectivity index (χ2v) is 6.61. The van der Waals surface area contributed by atoms with Crippen LogP contribution in [0.2, 0.25) is 0 Å². The Hall–Kier alpha value is -2.74. The van der Waals surface area contributed by atoms with Gasteiger partial charge in [-0.15, -0.1) is 0 Å². The van der Waals surface area contributed by atoms with Crippen molar-refractivity contribution < 1.29 is 28.0 Å². The van der Waals surface area contributed by atoms with Crippen LogP contribution < -0.4 is 0 Å². The number of rotatable bonds is 7. The number of likely N-dealkylation sites (tertiary alicyclic amines) is 1. The Morgan fingerprint density at radius 1 is 1.32 bits per heavy atom. The molecule has 3 rings (SSSR count). The molecule has 0 N–H and O–H groups in total. The zero-order valence-corrected chi connectivity index (χ0v) is 15.7. The largest absolute Gasteiger partial charge is 0.466 e. The molecule has 0 spiro atoms. The van der Waals surface area contributed by atoms with E-state index in [0.717, 1.165) is 12.8 Å². The van der Waals surface area contributed by atoms with Crippen molar-refractivity contribution in [2.24, 2.45) is 5.92 Å². The number of hydrogen-bond acceptors (Lipinski definition) is 6. The Labute approximate surface area is 162 Å². The van der Waals surface area contributed by atoms with E-state index in [1.807, 2.05) is 0 Å². The predicted molar refractivity (Wildman–Crippen MR) is 97.5 cm³/mol. The van der Waals surface area contributed by atoms with Gasteiger partial charge in [-0.2, -0.15) is 0 Å². The summed E-state index contributed by atoms with van der Waals surface area (Å²) in [4.78, 5) is 25.9. The smallest absolute Gasteiger partial charge is 0.310 e. The fourth-order valence-corrected chi connectivity index (χ4v) is 3.12.